The molecule has 21 heavy (non-hydrogen) atoms. The Kier molecular flexibility index (Phi) is 5.34. The summed E-state index contributed by atoms with van der Waals surface area (Å²) < 4.78 is 0. The minimum absolute atomic E-state index is 0.148. The van der Waals surface area contributed by atoms with Gasteiger partial charge in [0.1, 0.15) is 6.07 Å². The van der Waals surface area contributed by atoms with E-state index in [9.17, 15) is 14.7 Å². The van der Waals surface area contributed by atoms with Crippen LogP contribution in [0.1, 0.15) is 32.8 Å². The number of carboxylic acids is 1. The molecule has 1 amide bonds. The van der Waals surface area contributed by atoms with Crippen LogP contribution in [-0.2, 0) is 9.59 Å². The van der Waals surface area contributed by atoms with Crippen molar-refractivity contribution in [2.24, 2.45) is 11.3 Å². The third-order valence-corrected chi connectivity index (χ3v) is 3.99. The van der Waals surface area contributed by atoms with E-state index < -0.39 is 17.3 Å². The van der Waals surface area contributed by atoms with Gasteiger partial charge in [0.05, 0.1) is 16.0 Å². The second-order valence-electron chi connectivity index (χ2n) is 5.41. The van der Waals surface area contributed by atoms with E-state index in [1.807, 2.05) is 6.07 Å². The van der Waals surface area contributed by atoms with Gasteiger partial charge in [0, 0.05) is 12.1 Å². The van der Waals surface area contributed by atoms with Gasteiger partial charge in [-0.25, -0.2) is 0 Å². The molecule has 6 heteroatoms. The molecule has 1 aromatic rings. The number of carboxylic acid groups (broad SMARTS) is 1. The first-order chi connectivity index (χ1) is 9.70. The number of anilines is 1. The van der Waals surface area contributed by atoms with E-state index in [0.29, 0.717) is 10.7 Å². The molecule has 112 valence electrons. The molecule has 0 aliphatic rings. The van der Waals surface area contributed by atoms with Crippen molar-refractivity contribution < 1.29 is 14.7 Å². The van der Waals surface area contributed by atoms with E-state index in [1.165, 1.54) is 12.1 Å². The number of nitrogens with one attached hydrogen (secondary N) is 1. The summed E-state index contributed by atoms with van der Waals surface area (Å²) >= 11 is 5.81. The van der Waals surface area contributed by atoms with Crippen LogP contribution in [0, 0.1) is 22.7 Å². The first-order valence-corrected chi connectivity index (χ1v) is 6.81. The van der Waals surface area contributed by atoms with Crippen molar-refractivity contribution >= 4 is 29.2 Å². The van der Waals surface area contributed by atoms with Crippen molar-refractivity contribution in [3.63, 3.8) is 0 Å². The molecule has 1 atom stereocenters. The summed E-state index contributed by atoms with van der Waals surface area (Å²) in [7, 11) is 0. The third kappa shape index (κ3) is 3.96. The Labute approximate surface area is 128 Å². The highest BCUT2D eigenvalue weighted by molar-refractivity contribution is 6.31. The fourth-order valence-corrected chi connectivity index (χ4v) is 1.91. The van der Waals surface area contributed by atoms with Gasteiger partial charge in [-0.05, 0) is 31.0 Å². The highest BCUT2D eigenvalue weighted by Crippen LogP contribution is 2.32. The summed E-state index contributed by atoms with van der Waals surface area (Å²) in [6, 6.07) is 6.44. The topological polar surface area (TPSA) is 90.2 Å². The monoisotopic (exact) mass is 308 g/mol. The van der Waals surface area contributed by atoms with E-state index in [4.69, 9.17) is 16.9 Å². The number of benzene rings is 1. The summed E-state index contributed by atoms with van der Waals surface area (Å²) in [6.45, 7) is 5.07. The average Bonchev–Trinajstić information content (AvgIpc) is 2.40. The second-order valence-corrected chi connectivity index (χ2v) is 5.82. The lowest BCUT2D eigenvalue weighted by Crippen LogP contribution is -2.37. The molecule has 1 aromatic carbocycles. The highest BCUT2D eigenvalue weighted by atomic mass is 35.5. The average molecular weight is 309 g/mol. The fourth-order valence-electron chi connectivity index (χ4n) is 1.75. The number of amides is 1. The zero-order valence-electron chi connectivity index (χ0n) is 12.1. The minimum Gasteiger partial charge on any atom is -0.481 e. The van der Waals surface area contributed by atoms with Crippen LogP contribution < -0.4 is 5.32 Å². The Balaban J connectivity index is 2.87. The van der Waals surface area contributed by atoms with Gasteiger partial charge in [-0.15, -0.1) is 0 Å². The number of rotatable bonds is 5. The van der Waals surface area contributed by atoms with Crippen molar-refractivity contribution in [3.05, 3.63) is 28.8 Å². The standard InChI is InChI=1S/C15H17ClN2O3/c1-9(2)15(3,14(20)21)7-13(19)18-11-4-5-12(16)10(6-11)8-17/h4-6,9H,7H2,1-3H3,(H,18,19)(H,20,21). The van der Waals surface area contributed by atoms with E-state index in [-0.39, 0.29) is 17.9 Å². The molecular formula is C15H17ClN2O3. The molecule has 0 aromatic heterocycles. The first-order valence-electron chi connectivity index (χ1n) is 6.43. The van der Waals surface area contributed by atoms with Crippen LogP contribution in [0.4, 0.5) is 5.69 Å². The summed E-state index contributed by atoms with van der Waals surface area (Å²) in [6.07, 6.45) is -0.148. The Hall–Kier alpha value is -2.06. The Morgan fingerprint density at radius 1 is 1.48 bits per heavy atom. The van der Waals surface area contributed by atoms with Crippen LogP contribution in [0.15, 0.2) is 18.2 Å². The molecule has 0 radical (unpaired) electrons. The van der Waals surface area contributed by atoms with Crippen LogP contribution in [0.25, 0.3) is 0 Å². The number of nitriles is 1. The molecule has 5 nitrogen and oxygen atoms in total. The summed E-state index contributed by atoms with van der Waals surface area (Å²) in [5.74, 6) is -1.62. The van der Waals surface area contributed by atoms with Crippen LogP contribution in [0.5, 0.6) is 0 Å². The number of hydrogen-bond acceptors (Lipinski definition) is 3. The lowest BCUT2D eigenvalue weighted by atomic mass is 9.76. The fraction of sp³-hybridized carbons (Fsp3) is 0.400. The van der Waals surface area contributed by atoms with E-state index in [0.717, 1.165) is 0 Å². The van der Waals surface area contributed by atoms with Crippen molar-refractivity contribution in [2.45, 2.75) is 27.2 Å². The minimum atomic E-state index is -1.14. The number of halogens is 1. The van der Waals surface area contributed by atoms with Crippen LogP contribution in [0.2, 0.25) is 5.02 Å². The molecule has 1 rings (SSSR count). The molecule has 0 heterocycles. The van der Waals surface area contributed by atoms with Gasteiger partial charge in [-0.3, -0.25) is 9.59 Å². The van der Waals surface area contributed by atoms with Gasteiger partial charge < -0.3 is 10.4 Å². The molecule has 1 unspecified atom stereocenters. The van der Waals surface area contributed by atoms with Gasteiger partial charge >= 0.3 is 5.97 Å². The lowest BCUT2D eigenvalue weighted by Gasteiger charge is -2.28. The van der Waals surface area contributed by atoms with Crippen molar-refractivity contribution in [1.29, 1.82) is 5.26 Å². The molecule has 0 saturated heterocycles. The van der Waals surface area contributed by atoms with Gasteiger partial charge in [0.2, 0.25) is 5.91 Å². The summed E-state index contributed by atoms with van der Waals surface area (Å²) in [5, 5.41) is 21.1. The zero-order valence-corrected chi connectivity index (χ0v) is 12.9. The van der Waals surface area contributed by atoms with Crippen LogP contribution in [0.3, 0.4) is 0 Å². The van der Waals surface area contributed by atoms with Gasteiger partial charge in [-0.2, -0.15) is 5.26 Å². The van der Waals surface area contributed by atoms with Crippen molar-refractivity contribution in [3.8, 4) is 6.07 Å². The maximum absolute atomic E-state index is 12.0. The molecule has 0 saturated carbocycles. The Bertz CT molecular complexity index is 607. The van der Waals surface area contributed by atoms with E-state index >= 15 is 0 Å². The summed E-state index contributed by atoms with van der Waals surface area (Å²) in [5.41, 5.74) is -0.481. The molecule has 0 fully saturated rings. The SMILES string of the molecule is CC(C)C(C)(CC(=O)Nc1ccc(Cl)c(C#N)c1)C(=O)O. The number of hydrogen-bond donors (Lipinski definition) is 2. The second kappa shape index (κ2) is 6.59. The first kappa shape index (κ1) is 17.0. The predicted molar refractivity (Wildman–Crippen MR) is 80.0 cm³/mol. The molecule has 0 aliphatic carbocycles. The Morgan fingerprint density at radius 3 is 2.57 bits per heavy atom. The van der Waals surface area contributed by atoms with Gasteiger partial charge in [0.25, 0.3) is 0 Å². The molecule has 0 aliphatic heterocycles. The molecular weight excluding hydrogens is 292 g/mol. The van der Waals surface area contributed by atoms with E-state index in [1.54, 1.807) is 26.8 Å². The van der Waals surface area contributed by atoms with Crippen molar-refractivity contribution in [2.75, 3.05) is 5.32 Å². The lowest BCUT2D eigenvalue weighted by molar-refractivity contribution is -0.153. The third-order valence-electron chi connectivity index (χ3n) is 3.66. The number of aliphatic carboxylic acids is 1. The van der Waals surface area contributed by atoms with Crippen LogP contribution in [-0.4, -0.2) is 17.0 Å². The molecule has 2 N–H and O–H groups in total. The number of carbonyl (C=O) groups is 2. The number of carbonyl (C=O) groups excluding carboxylic acids is 1. The summed E-state index contributed by atoms with van der Waals surface area (Å²) in [4.78, 5) is 23.4. The quantitative estimate of drug-likeness (QED) is 0.873. The van der Waals surface area contributed by atoms with Gasteiger partial charge in [-0.1, -0.05) is 25.4 Å². The van der Waals surface area contributed by atoms with Crippen LogP contribution >= 0.6 is 11.6 Å². The molecule has 0 spiro atoms. The van der Waals surface area contributed by atoms with Gasteiger partial charge in [0.15, 0.2) is 0 Å². The maximum atomic E-state index is 12.0. The van der Waals surface area contributed by atoms with Crippen molar-refractivity contribution in [1.82, 2.24) is 0 Å². The highest BCUT2D eigenvalue weighted by Gasteiger charge is 2.38. The molecule has 0 bridgehead atoms. The normalized spacial score (nSPS) is 13.3. The van der Waals surface area contributed by atoms with E-state index in [2.05, 4.69) is 5.32 Å². The smallest absolute Gasteiger partial charge is 0.310 e. The number of nitrogens with zero attached hydrogens (tertiary/aromatic N) is 1. The largest absolute Gasteiger partial charge is 0.481 e. The zero-order chi connectivity index (χ0) is 16.2. The predicted octanol–water partition coefficient (Wildman–Crippen LogP) is 3.29. The Morgan fingerprint density at radius 2 is 2.10 bits per heavy atom. The maximum Gasteiger partial charge on any atom is 0.310 e.